The van der Waals surface area contributed by atoms with Gasteiger partial charge in [0.25, 0.3) is 0 Å². The van der Waals surface area contributed by atoms with Crippen molar-refractivity contribution in [3.05, 3.63) is 23.3 Å². The summed E-state index contributed by atoms with van der Waals surface area (Å²) in [7, 11) is 0. The van der Waals surface area contributed by atoms with Crippen molar-refractivity contribution >= 4 is 0 Å². The number of allylic oxidation sites excluding steroid dienone is 3. The molecule has 2 aliphatic rings. The fraction of sp³-hybridized carbons (Fsp3) is 0.692. The molecule has 2 rings (SSSR count). The highest BCUT2D eigenvalue weighted by Crippen LogP contribution is 2.52. The number of hydrogen-bond acceptors (Lipinski definition) is 1. The second kappa shape index (κ2) is 3.90. The largest absolute Gasteiger partial charge is 0.392 e. The van der Waals surface area contributed by atoms with Crippen molar-refractivity contribution in [3.8, 4) is 0 Å². The molecule has 2 fully saturated rings. The van der Waals surface area contributed by atoms with Gasteiger partial charge in [-0.1, -0.05) is 23.3 Å². The van der Waals surface area contributed by atoms with Crippen LogP contribution in [0, 0.1) is 17.8 Å². The third-order valence-electron chi connectivity index (χ3n) is 3.83. The molecular formula is C13H20O. The van der Waals surface area contributed by atoms with Crippen LogP contribution in [0.5, 0.6) is 0 Å². The highest BCUT2D eigenvalue weighted by molar-refractivity contribution is 5.22. The Kier molecular flexibility index (Phi) is 2.78. The minimum atomic E-state index is 0.221. The topological polar surface area (TPSA) is 20.2 Å². The average molecular weight is 192 g/mol. The van der Waals surface area contributed by atoms with Gasteiger partial charge in [0.15, 0.2) is 0 Å². The highest BCUT2D eigenvalue weighted by Gasteiger charge is 2.41. The van der Waals surface area contributed by atoms with Crippen LogP contribution in [-0.2, 0) is 0 Å². The van der Waals surface area contributed by atoms with Crippen LogP contribution in [0.2, 0.25) is 0 Å². The van der Waals surface area contributed by atoms with Crippen molar-refractivity contribution in [2.45, 2.75) is 33.1 Å². The van der Waals surface area contributed by atoms with E-state index in [1.165, 1.54) is 19.3 Å². The summed E-state index contributed by atoms with van der Waals surface area (Å²) in [5, 5.41) is 9.01. The fourth-order valence-corrected chi connectivity index (χ4v) is 3.19. The van der Waals surface area contributed by atoms with Crippen LogP contribution in [0.25, 0.3) is 0 Å². The monoisotopic (exact) mass is 192 g/mol. The van der Waals surface area contributed by atoms with Crippen molar-refractivity contribution < 1.29 is 5.11 Å². The van der Waals surface area contributed by atoms with Crippen LogP contribution in [0.4, 0.5) is 0 Å². The molecule has 1 nitrogen and oxygen atoms in total. The Morgan fingerprint density at radius 3 is 2.86 bits per heavy atom. The fourth-order valence-electron chi connectivity index (χ4n) is 3.19. The van der Waals surface area contributed by atoms with E-state index < -0.39 is 0 Å². The third kappa shape index (κ3) is 1.66. The minimum absolute atomic E-state index is 0.221. The maximum atomic E-state index is 9.01. The maximum absolute atomic E-state index is 9.01. The summed E-state index contributed by atoms with van der Waals surface area (Å²) in [5.41, 5.74) is 2.80. The minimum Gasteiger partial charge on any atom is -0.392 e. The van der Waals surface area contributed by atoms with E-state index in [-0.39, 0.29) is 6.61 Å². The molecule has 3 atom stereocenters. The molecule has 1 heteroatoms. The smallest absolute Gasteiger partial charge is 0.0639 e. The molecule has 1 unspecified atom stereocenters. The van der Waals surface area contributed by atoms with Crippen molar-refractivity contribution in [3.63, 3.8) is 0 Å². The first kappa shape index (κ1) is 9.97. The standard InChI is InChI=1S/C13H20O/c1-3-11-5-10-6-12(13(11)7-10)4-9(2)8-14/h3-4,10,12-14H,5-8H2,1-2H3/b9-4+,11-3+/t10-,12?,13+/m0/s1. The lowest BCUT2D eigenvalue weighted by molar-refractivity contribution is 0.328. The van der Waals surface area contributed by atoms with E-state index in [0.717, 1.165) is 17.4 Å². The summed E-state index contributed by atoms with van der Waals surface area (Å²) in [6, 6.07) is 0. The predicted molar refractivity (Wildman–Crippen MR) is 58.9 cm³/mol. The molecule has 14 heavy (non-hydrogen) atoms. The van der Waals surface area contributed by atoms with Gasteiger partial charge >= 0.3 is 0 Å². The van der Waals surface area contributed by atoms with Gasteiger partial charge < -0.3 is 5.11 Å². The summed E-state index contributed by atoms with van der Waals surface area (Å²) < 4.78 is 0. The first-order chi connectivity index (χ1) is 6.74. The molecule has 2 aliphatic carbocycles. The average Bonchev–Trinajstić information content (AvgIpc) is 2.75. The number of rotatable bonds is 2. The number of aliphatic hydroxyl groups excluding tert-OH is 1. The van der Waals surface area contributed by atoms with Gasteiger partial charge in [0.1, 0.15) is 0 Å². The van der Waals surface area contributed by atoms with Crippen LogP contribution in [0.3, 0.4) is 0 Å². The van der Waals surface area contributed by atoms with E-state index in [1.54, 1.807) is 5.57 Å². The predicted octanol–water partition coefficient (Wildman–Crippen LogP) is 2.92. The molecule has 1 N–H and O–H groups in total. The Bertz CT molecular complexity index is 275. The second-order valence-corrected chi connectivity index (χ2v) is 4.85. The van der Waals surface area contributed by atoms with E-state index in [2.05, 4.69) is 19.1 Å². The van der Waals surface area contributed by atoms with Gasteiger partial charge in [-0.05, 0) is 50.9 Å². The number of fused-ring (bicyclic) bond motifs is 2. The Hall–Kier alpha value is -0.560. The molecule has 0 amide bonds. The molecule has 0 heterocycles. The van der Waals surface area contributed by atoms with Crippen LogP contribution in [0.1, 0.15) is 33.1 Å². The first-order valence-corrected chi connectivity index (χ1v) is 5.67. The van der Waals surface area contributed by atoms with E-state index in [9.17, 15) is 0 Å². The molecule has 0 aromatic rings. The zero-order valence-corrected chi connectivity index (χ0v) is 9.16. The molecule has 0 spiro atoms. The zero-order chi connectivity index (χ0) is 10.1. The van der Waals surface area contributed by atoms with Gasteiger partial charge in [0.2, 0.25) is 0 Å². The van der Waals surface area contributed by atoms with Crippen molar-refractivity contribution in [1.82, 2.24) is 0 Å². The van der Waals surface area contributed by atoms with Crippen LogP contribution < -0.4 is 0 Å². The Balaban J connectivity index is 2.10. The van der Waals surface area contributed by atoms with E-state index in [0.29, 0.717) is 5.92 Å². The number of aliphatic hydroxyl groups is 1. The third-order valence-corrected chi connectivity index (χ3v) is 3.83. The van der Waals surface area contributed by atoms with Gasteiger partial charge in [0, 0.05) is 0 Å². The van der Waals surface area contributed by atoms with Crippen molar-refractivity contribution in [2.75, 3.05) is 6.61 Å². The summed E-state index contributed by atoms with van der Waals surface area (Å²) in [6.45, 7) is 4.41. The highest BCUT2D eigenvalue weighted by atomic mass is 16.3. The zero-order valence-electron chi connectivity index (χ0n) is 9.16. The number of hydrogen-bond donors (Lipinski definition) is 1. The Morgan fingerprint density at radius 1 is 1.50 bits per heavy atom. The maximum Gasteiger partial charge on any atom is 0.0639 e. The first-order valence-electron chi connectivity index (χ1n) is 5.67. The molecule has 78 valence electrons. The lowest BCUT2D eigenvalue weighted by Crippen LogP contribution is -2.11. The normalized spacial score (nSPS) is 39.8. The molecule has 0 radical (unpaired) electrons. The van der Waals surface area contributed by atoms with Crippen LogP contribution in [-0.4, -0.2) is 11.7 Å². The Morgan fingerprint density at radius 2 is 2.29 bits per heavy atom. The molecule has 0 aliphatic heterocycles. The van der Waals surface area contributed by atoms with Gasteiger partial charge in [-0.3, -0.25) is 0 Å². The molecule has 0 aromatic carbocycles. The van der Waals surface area contributed by atoms with Gasteiger partial charge in [-0.15, -0.1) is 0 Å². The molecular weight excluding hydrogens is 172 g/mol. The quantitative estimate of drug-likeness (QED) is 0.667. The van der Waals surface area contributed by atoms with Gasteiger partial charge in [-0.2, -0.15) is 0 Å². The van der Waals surface area contributed by atoms with Crippen LogP contribution >= 0.6 is 0 Å². The molecule has 2 bridgehead atoms. The van der Waals surface area contributed by atoms with Crippen molar-refractivity contribution in [1.29, 1.82) is 0 Å². The molecule has 0 saturated heterocycles. The summed E-state index contributed by atoms with van der Waals surface area (Å²) in [6.07, 6.45) is 8.68. The SMILES string of the molecule is C/C=C1\C[C@H]2CC(/C=C(\C)CO)[C@@H]1C2. The second-order valence-electron chi connectivity index (χ2n) is 4.85. The van der Waals surface area contributed by atoms with E-state index >= 15 is 0 Å². The summed E-state index contributed by atoms with van der Waals surface area (Å²) in [5.74, 6) is 2.44. The van der Waals surface area contributed by atoms with E-state index in [1.807, 2.05) is 6.92 Å². The summed E-state index contributed by atoms with van der Waals surface area (Å²) >= 11 is 0. The van der Waals surface area contributed by atoms with Crippen molar-refractivity contribution in [2.24, 2.45) is 17.8 Å². The lowest BCUT2D eigenvalue weighted by atomic mass is 9.84. The Labute approximate surface area is 86.5 Å². The summed E-state index contributed by atoms with van der Waals surface area (Å²) in [4.78, 5) is 0. The van der Waals surface area contributed by atoms with Gasteiger partial charge in [-0.25, -0.2) is 0 Å². The van der Waals surface area contributed by atoms with Gasteiger partial charge in [0.05, 0.1) is 6.61 Å². The lowest BCUT2D eigenvalue weighted by Gasteiger charge is -2.22. The molecule has 2 saturated carbocycles. The van der Waals surface area contributed by atoms with E-state index in [4.69, 9.17) is 5.11 Å². The molecule has 0 aromatic heterocycles. The van der Waals surface area contributed by atoms with Crippen LogP contribution in [0.15, 0.2) is 23.3 Å².